The van der Waals surface area contributed by atoms with Crippen LogP contribution in [-0.4, -0.2) is 23.5 Å². The first-order valence-corrected chi connectivity index (χ1v) is 5.17. The summed E-state index contributed by atoms with van der Waals surface area (Å²) in [6.07, 6.45) is 0.851. The maximum atomic E-state index is 11.6. The second kappa shape index (κ2) is 5.30. The molecule has 4 nitrogen and oxygen atoms in total. The van der Waals surface area contributed by atoms with Crippen molar-refractivity contribution in [1.29, 1.82) is 0 Å². The summed E-state index contributed by atoms with van der Waals surface area (Å²) in [6, 6.07) is 4.61. The summed E-state index contributed by atoms with van der Waals surface area (Å²) in [5.41, 5.74) is 1.30. The number of nitrogens with one attached hydrogen (secondary N) is 1. The Hall–Kier alpha value is -1.84. The molecule has 1 aromatic carbocycles. The van der Waals surface area contributed by atoms with Gasteiger partial charge < -0.3 is 10.4 Å². The van der Waals surface area contributed by atoms with Gasteiger partial charge in [-0.15, -0.1) is 0 Å². The Kier molecular flexibility index (Phi) is 4.05. The molecular weight excluding hydrogens is 206 g/mol. The molecule has 0 radical (unpaired) electrons. The standard InChI is InChI=1S/C12H15NO3/c1-3-4-13-11(14)9-5-8(2)6-10(7-9)12(15)16/h5-7H,3-4H2,1-2H3,(H,13,14)(H,15,16). The van der Waals surface area contributed by atoms with E-state index in [2.05, 4.69) is 5.32 Å². The van der Waals surface area contributed by atoms with Crippen molar-refractivity contribution in [3.63, 3.8) is 0 Å². The number of carboxylic acids is 1. The molecule has 0 bridgehead atoms. The molecule has 86 valence electrons. The minimum Gasteiger partial charge on any atom is -0.478 e. The fourth-order valence-electron chi connectivity index (χ4n) is 1.38. The third-order valence-corrected chi connectivity index (χ3v) is 2.12. The molecular formula is C12H15NO3. The smallest absolute Gasteiger partial charge is 0.335 e. The molecule has 0 aliphatic carbocycles. The second-order valence-corrected chi connectivity index (χ2v) is 3.65. The van der Waals surface area contributed by atoms with Crippen molar-refractivity contribution in [3.8, 4) is 0 Å². The lowest BCUT2D eigenvalue weighted by Crippen LogP contribution is -2.24. The van der Waals surface area contributed by atoms with E-state index in [1.165, 1.54) is 6.07 Å². The maximum Gasteiger partial charge on any atom is 0.335 e. The van der Waals surface area contributed by atoms with Crippen LogP contribution in [0, 0.1) is 6.92 Å². The van der Waals surface area contributed by atoms with E-state index < -0.39 is 5.97 Å². The lowest BCUT2D eigenvalue weighted by molar-refractivity contribution is 0.0696. The van der Waals surface area contributed by atoms with Gasteiger partial charge in [-0.2, -0.15) is 0 Å². The fourth-order valence-corrected chi connectivity index (χ4v) is 1.38. The van der Waals surface area contributed by atoms with Crippen LogP contribution < -0.4 is 5.32 Å². The van der Waals surface area contributed by atoms with Crippen molar-refractivity contribution in [3.05, 3.63) is 34.9 Å². The van der Waals surface area contributed by atoms with Gasteiger partial charge in [0.2, 0.25) is 0 Å². The van der Waals surface area contributed by atoms with Crippen LogP contribution >= 0.6 is 0 Å². The van der Waals surface area contributed by atoms with Crippen molar-refractivity contribution in [2.45, 2.75) is 20.3 Å². The summed E-state index contributed by atoms with van der Waals surface area (Å²) < 4.78 is 0. The fraction of sp³-hybridized carbons (Fsp3) is 0.333. The third kappa shape index (κ3) is 3.08. The zero-order valence-electron chi connectivity index (χ0n) is 9.41. The molecule has 16 heavy (non-hydrogen) atoms. The number of carbonyl (C=O) groups is 2. The van der Waals surface area contributed by atoms with E-state index in [1.54, 1.807) is 19.1 Å². The quantitative estimate of drug-likeness (QED) is 0.815. The molecule has 0 aliphatic rings. The van der Waals surface area contributed by atoms with Crippen LogP contribution in [-0.2, 0) is 0 Å². The predicted molar refractivity (Wildman–Crippen MR) is 60.8 cm³/mol. The number of carboxylic acid groups (broad SMARTS) is 1. The zero-order valence-corrected chi connectivity index (χ0v) is 9.41. The van der Waals surface area contributed by atoms with Crippen molar-refractivity contribution in [2.75, 3.05) is 6.54 Å². The molecule has 0 aliphatic heterocycles. The van der Waals surface area contributed by atoms with Crippen LogP contribution in [0.3, 0.4) is 0 Å². The number of aromatic carboxylic acids is 1. The Balaban J connectivity index is 2.95. The van der Waals surface area contributed by atoms with Crippen molar-refractivity contribution < 1.29 is 14.7 Å². The van der Waals surface area contributed by atoms with Gasteiger partial charge in [0.15, 0.2) is 0 Å². The van der Waals surface area contributed by atoms with E-state index >= 15 is 0 Å². The zero-order chi connectivity index (χ0) is 12.1. The lowest BCUT2D eigenvalue weighted by atomic mass is 10.1. The largest absolute Gasteiger partial charge is 0.478 e. The molecule has 0 unspecified atom stereocenters. The van der Waals surface area contributed by atoms with Gasteiger partial charge >= 0.3 is 5.97 Å². The predicted octanol–water partition coefficient (Wildman–Crippen LogP) is 1.83. The Morgan fingerprint density at radius 2 is 1.88 bits per heavy atom. The van der Waals surface area contributed by atoms with E-state index in [-0.39, 0.29) is 11.5 Å². The van der Waals surface area contributed by atoms with Gasteiger partial charge in [0.1, 0.15) is 0 Å². The number of amides is 1. The first kappa shape index (κ1) is 12.2. The summed E-state index contributed by atoms with van der Waals surface area (Å²) in [7, 11) is 0. The van der Waals surface area contributed by atoms with Crippen molar-refractivity contribution >= 4 is 11.9 Å². The van der Waals surface area contributed by atoms with Crippen LogP contribution in [0.5, 0.6) is 0 Å². The first-order chi connectivity index (χ1) is 7.54. The molecule has 0 heterocycles. The SMILES string of the molecule is CCCNC(=O)c1cc(C)cc(C(=O)O)c1. The molecule has 1 amide bonds. The van der Waals surface area contributed by atoms with E-state index in [4.69, 9.17) is 5.11 Å². The van der Waals surface area contributed by atoms with Gasteiger partial charge in [-0.25, -0.2) is 4.79 Å². The average molecular weight is 221 g/mol. The van der Waals surface area contributed by atoms with E-state index in [1.807, 2.05) is 6.92 Å². The molecule has 1 aromatic rings. The van der Waals surface area contributed by atoms with E-state index in [9.17, 15) is 9.59 Å². The molecule has 0 saturated heterocycles. The summed E-state index contributed by atoms with van der Waals surface area (Å²) >= 11 is 0. The number of carbonyl (C=O) groups excluding carboxylic acids is 1. The van der Waals surface area contributed by atoms with E-state index in [0.717, 1.165) is 12.0 Å². The van der Waals surface area contributed by atoms with Crippen LogP contribution in [0.1, 0.15) is 39.6 Å². The highest BCUT2D eigenvalue weighted by atomic mass is 16.4. The number of aryl methyl sites for hydroxylation is 1. The number of hydrogen-bond acceptors (Lipinski definition) is 2. The average Bonchev–Trinajstić information content (AvgIpc) is 2.24. The molecule has 1 rings (SSSR count). The van der Waals surface area contributed by atoms with Gasteiger partial charge in [-0.1, -0.05) is 6.92 Å². The monoisotopic (exact) mass is 221 g/mol. The topological polar surface area (TPSA) is 66.4 Å². The Bertz CT molecular complexity index is 413. The normalized spacial score (nSPS) is 9.88. The van der Waals surface area contributed by atoms with Gasteiger partial charge in [-0.05, 0) is 37.1 Å². The maximum absolute atomic E-state index is 11.6. The highest BCUT2D eigenvalue weighted by Crippen LogP contribution is 2.09. The summed E-state index contributed by atoms with van der Waals surface area (Å²) in [4.78, 5) is 22.4. The van der Waals surface area contributed by atoms with Gasteiger partial charge in [0, 0.05) is 12.1 Å². The van der Waals surface area contributed by atoms with Crippen LogP contribution in [0.25, 0.3) is 0 Å². The van der Waals surface area contributed by atoms with Gasteiger partial charge in [0.05, 0.1) is 5.56 Å². The molecule has 0 aromatic heterocycles. The van der Waals surface area contributed by atoms with Gasteiger partial charge in [0.25, 0.3) is 5.91 Å². The highest BCUT2D eigenvalue weighted by molar-refractivity contribution is 5.97. The van der Waals surface area contributed by atoms with Crippen molar-refractivity contribution in [2.24, 2.45) is 0 Å². The summed E-state index contributed by atoms with van der Waals surface area (Å²) in [5.74, 6) is -1.25. The summed E-state index contributed by atoms with van der Waals surface area (Å²) in [5, 5.41) is 11.6. The number of benzene rings is 1. The van der Waals surface area contributed by atoms with E-state index in [0.29, 0.717) is 12.1 Å². The van der Waals surface area contributed by atoms with Crippen LogP contribution in [0.2, 0.25) is 0 Å². The first-order valence-electron chi connectivity index (χ1n) is 5.17. The molecule has 2 N–H and O–H groups in total. The van der Waals surface area contributed by atoms with Crippen LogP contribution in [0.4, 0.5) is 0 Å². The second-order valence-electron chi connectivity index (χ2n) is 3.65. The van der Waals surface area contributed by atoms with Crippen molar-refractivity contribution in [1.82, 2.24) is 5.32 Å². The molecule has 0 fully saturated rings. The minimum absolute atomic E-state index is 0.140. The highest BCUT2D eigenvalue weighted by Gasteiger charge is 2.10. The Labute approximate surface area is 94.3 Å². The van der Waals surface area contributed by atoms with Crippen LogP contribution in [0.15, 0.2) is 18.2 Å². The minimum atomic E-state index is -1.02. The third-order valence-electron chi connectivity index (χ3n) is 2.12. The molecule has 0 saturated carbocycles. The molecule has 4 heteroatoms. The van der Waals surface area contributed by atoms with Gasteiger partial charge in [-0.3, -0.25) is 4.79 Å². The number of hydrogen-bond donors (Lipinski definition) is 2. The lowest BCUT2D eigenvalue weighted by Gasteiger charge is -2.05. The molecule has 0 atom stereocenters. The summed E-state index contributed by atoms with van der Waals surface area (Å²) in [6.45, 7) is 4.32. The Morgan fingerprint density at radius 1 is 1.25 bits per heavy atom. The molecule has 0 spiro atoms. The Morgan fingerprint density at radius 3 is 2.44 bits per heavy atom. The number of rotatable bonds is 4.